The monoisotopic (exact) mass is 574 g/mol. The number of likely N-dealkylation sites (N-methyl/N-ethyl adjacent to an activating group) is 1. The number of likely N-dealkylation sites (tertiary alicyclic amines) is 1. The number of rotatable bonds is 6. The highest BCUT2D eigenvalue weighted by atomic mass is 79.9. The molecule has 0 aromatic heterocycles. The summed E-state index contributed by atoms with van der Waals surface area (Å²) in [5, 5.41) is 19.8. The molecule has 0 bridgehead atoms. The average Bonchev–Trinajstić information content (AvgIpc) is 2.77. The third-order valence-corrected chi connectivity index (χ3v) is 7.67. The molecule has 0 spiro atoms. The number of amides is 2. The van der Waals surface area contributed by atoms with Crippen molar-refractivity contribution >= 4 is 43.7 Å². The number of piperazine rings is 1. The molecule has 0 unspecified atom stereocenters. The Labute approximate surface area is 206 Å². The third kappa shape index (κ3) is 6.44. The molecule has 2 N–H and O–H groups in total. The smallest absolute Gasteiger partial charge is 0.259 e. The summed E-state index contributed by atoms with van der Waals surface area (Å²) in [6, 6.07) is 4.20. The zero-order valence-corrected chi connectivity index (χ0v) is 21.8. The zero-order chi connectivity index (χ0) is 23.4. The summed E-state index contributed by atoms with van der Waals surface area (Å²) in [5.74, 6) is -0.0600. The normalized spacial score (nSPS) is 19.7. The highest BCUT2D eigenvalue weighted by Crippen LogP contribution is 2.34. The number of piperidine rings is 1. The van der Waals surface area contributed by atoms with Gasteiger partial charge in [-0.1, -0.05) is 6.92 Å². The SMILES string of the molecule is C[C@H](Cc1cc(Br)c(O)c(Br)c1)C(=O)N1CCC(N2CCN(CC(=O)N(C)O)CC2)CC1. The van der Waals surface area contributed by atoms with Crippen LogP contribution in [-0.2, 0) is 16.0 Å². The van der Waals surface area contributed by atoms with Gasteiger partial charge in [0.2, 0.25) is 5.91 Å². The molecule has 0 saturated carbocycles. The van der Waals surface area contributed by atoms with Crippen LogP contribution in [0.1, 0.15) is 25.3 Å². The Morgan fingerprint density at radius 1 is 1.09 bits per heavy atom. The summed E-state index contributed by atoms with van der Waals surface area (Å²) in [6.07, 6.45) is 2.56. The number of phenols is 1. The van der Waals surface area contributed by atoms with Crippen LogP contribution in [0.4, 0.5) is 0 Å². The van der Waals surface area contributed by atoms with Gasteiger partial charge >= 0.3 is 0 Å². The molecule has 0 radical (unpaired) electrons. The van der Waals surface area contributed by atoms with Gasteiger partial charge in [0.15, 0.2) is 0 Å². The van der Waals surface area contributed by atoms with Crippen LogP contribution in [0.2, 0.25) is 0 Å². The van der Waals surface area contributed by atoms with Crippen LogP contribution in [0.5, 0.6) is 5.75 Å². The molecule has 2 aliphatic heterocycles. The van der Waals surface area contributed by atoms with Crippen LogP contribution < -0.4 is 0 Å². The fourth-order valence-electron chi connectivity index (χ4n) is 4.52. The van der Waals surface area contributed by atoms with Crippen LogP contribution >= 0.6 is 31.9 Å². The summed E-state index contributed by atoms with van der Waals surface area (Å²) in [6.45, 7) is 7.19. The quantitative estimate of drug-likeness (QED) is 0.400. The van der Waals surface area contributed by atoms with Gasteiger partial charge < -0.3 is 10.0 Å². The van der Waals surface area contributed by atoms with Crippen molar-refractivity contribution < 1.29 is 19.9 Å². The Morgan fingerprint density at radius 2 is 1.66 bits per heavy atom. The fraction of sp³-hybridized carbons (Fsp3) is 0.636. The first kappa shape index (κ1) is 25.4. The summed E-state index contributed by atoms with van der Waals surface area (Å²) in [4.78, 5) is 31.2. The van der Waals surface area contributed by atoms with Gasteiger partial charge in [0.25, 0.3) is 5.91 Å². The molecule has 3 rings (SSSR count). The second-order valence-electron chi connectivity index (χ2n) is 8.80. The van der Waals surface area contributed by atoms with E-state index in [1.807, 2.05) is 24.0 Å². The van der Waals surface area contributed by atoms with Gasteiger partial charge in [-0.05, 0) is 68.8 Å². The van der Waals surface area contributed by atoms with Gasteiger partial charge in [0.1, 0.15) is 5.75 Å². The minimum Gasteiger partial charge on any atom is -0.506 e. The molecule has 1 aromatic rings. The minimum absolute atomic E-state index is 0.124. The first-order valence-electron chi connectivity index (χ1n) is 11.0. The van der Waals surface area contributed by atoms with Crippen molar-refractivity contribution in [3.05, 3.63) is 26.6 Å². The predicted molar refractivity (Wildman–Crippen MR) is 129 cm³/mol. The first-order valence-corrected chi connectivity index (χ1v) is 12.6. The molecule has 10 heteroatoms. The topological polar surface area (TPSA) is 87.6 Å². The molecule has 32 heavy (non-hydrogen) atoms. The molecule has 8 nitrogen and oxygen atoms in total. The predicted octanol–water partition coefficient (Wildman–Crippen LogP) is 2.55. The van der Waals surface area contributed by atoms with E-state index >= 15 is 0 Å². The Kier molecular flexibility index (Phi) is 8.97. The van der Waals surface area contributed by atoms with Crippen LogP contribution in [-0.4, -0.2) is 101 Å². The first-order chi connectivity index (χ1) is 15.2. The van der Waals surface area contributed by atoms with E-state index in [4.69, 9.17) is 0 Å². The number of phenolic OH excluding ortho intramolecular Hbond substituents is 1. The van der Waals surface area contributed by atoms with E-state index in [-0.39, 0.29) is 30.0 Å². The number of nitrogens with zero attached hydrogens (tertiary/aromatic N) is 4. The maximum Gasteiger partial charge on any atom is 0.259 e. The molecule has 1 atom stereocenters. The number of halogens is 2. The molecule has 2 saturated heterocycles. The molecular weight excluding hydrogens is 544 g/mol. The van der Waals surface area contributed by atoms with Crippen molar-refractivity contribution in [1.82, 2.24) is 19.8 Å². The number of aromatic hydroxyl groups is 1. The van der Waals surface area contributed by atoms with Crippen LogP contribution in [0.15, 0.2) is 21.1 Å². The molecule has 2 amide bonds. The standard InChI is InChI=1S/C22H32Br2N4O4/c1-15(11-16-12-18(23)21(30)19(24)13-16)22(31)28-5-3-17(4-6-28)27-9-7-26(8-10-27)14-20(29)25(2)32/h12-13,15,17,30,32H,3-11,14H2,1-2H3/t15-/m1/s1. The van der Waals surface area contributed by atoms with Crippen molar-refractivity contribution in [3.8, 4) is 5.75 Å². The number of carbonyl (C=O) groups excluding carboxylic acids is 2. The van der Waals surface area contributed by atoms with E-state index in [2.05, 4.69) is 41.7 Å². The fourth-order valence-corrected chi connectivity index (χ4v) is 5.80. The van der Waals surface area contributed by atoms with Crippen molar-refractivity contribution in [2.75, 3.05) is 52.9 Å². The second-order valence-corrected chi connectivity index (χ2v) is 10.5. The zero-order valence-electron chi connectivity index (χ0n) is 18.6. The van der Waals surface area contributed by atoms with Gasteiger partial charge in [0, 0.05) is 58.3 Å². The lowest BCUT2D eigenvalue weighted by atomic mass is 9.97. The van der Waals surface area contributed by atoms with Gasteiger partial charge in [-0.15, -0.1) is 0 Å². The van der Waals surface area contributed by atoms with Crippen molar-refractivity contribution in [2.45, 2.75) is 32.2 Å². The van der Waals surface area contributed by atoms with E-state index in [1.54, 1.807) is 0 Å². The molecule has 1 aromatic carbocycles. The Hall–Kier alpha value is -1.20. The summed E-state index contributed by atoms with van der Waals surface area (Å²) >= 11 is 6.71. The Balaban J connectivity index is 1.44. The Morgan fingerprint density at radius 3 is 2.19 bits per heavy atom. The maximum atomic E-state index is 13.0. The highest BCUT2D eigenvalue weighted by molar-refractivity contribution is 9.11. The molecule has 178 valence electrons. The number of hydroxylamine groups is 2. The number of carbonyl (C=O) groups is 2. The van der Waals surface area contributed by atoms with Gasteiger partial charge in [-0.25, -0.2) is 5.06 Å². The van der Waals surface area contributed by atoms with Crippen LogP contribution in [0, 0.1) is 5.92 Å². The van der Waals surface area contributed by atoms with E-state index in [0.717, 1.165) is 57.7 Å². The Bertz CT molecular complexity index is 799. The molecule has 2 heterocycles. The summed E-state index contributed by atoms with van der Waals surface area (Å²) in [5.41, 5.74) is 1.00. The number of hydrogen-bond donors (Lipinski definition) is 2. The summed E-state index contributed by atoms with van der Waals surface area (Å²) in [7, 11) is 1.36. The van der Waals surface area contributed by atoms with Crippen molar-refractivity contribution in [2.24, 2.45) is 5.92 Å². The highest BCUT2D eigenvalue weighted by Gasteiger charge is 2.31. The third-order valence-electron chi connectivity index (χ3n) is 6.46. The minimum atomic E-state index is -0.286. The summed E-state index contributed by atoms with van der Waals surface area (Å²) < 4.78 is 1.24. The van der Waals surface area contributed by atoms with Crippen molar-refractivity contribution in [3.63, 3.8) is 0 Å². The number of hydrogen-bond acceptors (Lipinski definition) is 6. The lowest BCUT2D eigenvalue weighted by molar-refractivity contribution is -0.161. The van der Waals surface area contributed by atoms with Gasteiger partial charge in [-0.3, -0.25) is 24.6 Å². The molecule has 0 aliphatic carbocycles. The van der Waals surface area contributed by atoms with E-state index in [9.17, 15) is 19.9 Å². The molecule has 2 fully saturated rings. The molecular formula is C22H32Br2N4O4. The lowest BCUT2D eigenvalue weighted by Gasteiger charge is -2.43. The number of benzene rings is 1. The lowest BCUT2D eigenvalue weighted by Crippen LogP contribution is -2.55. The van der Waals surface area contributed by atoms with Crippen LogP contribution in [0.3, 0.4) is 0 Å². The van der Waals surface area contributed by atoms with E-state index in [1.165, 1.54) is 7.05 Å². The second kappa shape index (κ2) is 11.3. The van der Waals surface area contributed by atoms with Crippen LogP contribution in [0.25, 0.3) is 0 Å². The van der Waals surface area contributed by atoms with Crippen molar-refractivity contribution in [1.29, 1.82) is 0 Å². The van der Waals surface area contributed by atoms with E-state index < -0.39 is 0 Å². The maximum absolute atomic E-state index is 13.0. The largest absolute Gasteiger partial charge is 0.506 e. The van der Waals surface area contributed by atoms with Gasteiger partial charge in [-0.2, -0.15) is 0 Å². The average molecular weight is 576 g/mol. The van der Waals surface area contributed by atoms with E-state index in [0.29, 0.717) is 26.5 Å². The molecule has 2 aliphatic rings. The van der Waals surface area contributed by atoms with Gasteiger partial charge in [0.05, 0.1) is 15.5 Å².